The molecule has 2 aromatic heterocycles. The summed E-state index contributed by atoms with van der Waals surface area (Å²) in [6, 6.07) is 6.28. The van der Waals surface area contributed by atoms with Gasteiger partial charge in [-0.1, -0.05) is 6.07 Å². The van der Waals surface area contributed by atoms with E-state index >= 15 is 0 Å². The molecule has 0 fully saturated rings. The molecular formula is C11H10N2. The van der Waals surface area contributed by atoms with Gasteiger partial charge in [0.15, 0.2) is 0 Å². The van der Waals surface area contributed by atoms with Crippen molar-refractivity contribution in [1.82, 2.24) is 9.97 Å². The third kappa shape index (κ3) is 0.917. The standard InChI is InChI=1S/C11H10N2/c1-2-8-9-5-7-13-11(9)4-3-10(8)12-6-1/h1-2,5-7,13H,3-4H2. The van der Waals surface area contributed by atoms with Crippen LogP contribution in [0.3, 0.4) is 0 Å². The monoisotopic (exact) mass is 170 g/mol. The third-order valence-corrected chi connectivity index (χ3v) is 2.62. The highest BCUT2D eigenvalue weighted by atomic mass is 14.7. The highest BCUT2D eigenvalue weighted by Gasteiger charge is 2.16. The molecule has 1 aliphatic rings. The third-order valence-electron chi connectivity index (χ3n) is 2.62. The molecule has 0 saturated heterocycles. The number of aromatic nitrogens is 2. The van der Waals surface area contributed by atoms with Crippen molar-refractivity contribution in [1.29, 1.82) is 0 Å². The smallest absolute Gasteiger partial charge is 0.0486 e. The molecule has 0 amide bonds. The molecule has 0 unspecified atom stereocenters. The predicted molar refractivity (Wildman–Crippen MR) is 51.4 cm³/mol. The van der Waals surface area contributed by atoms with Gasteiger partial charge in [0.2, 0.25) is 0 Å². The van der Waals surface area contributed by atoms with Crippen LogP contribution in [-0.2, 0) is 12.8 Å². The van der Waals surface area contributed by atoms with Crippen molar-refractivity contribution in [2.75, 3.05) is 0 Å². The summed E-state index contributed by atoms with van der Waals surface area (Å²) >= 11 is 0. The summed E-state index contributed by atoms with van der Waals surface area (Å²) in [5, 5.41) is 0. The molecule has 64 valence electrons. The largest absolute Gasteiger partial charge is 0.364 e. The van der Waals surface area contributed by atoms with Gasteiger partial charge in [-0.05, 0) is 25.0 Å². The lowest BCUT2D eigenvalue weighted by atomic mass is 9.94. The van der Waals surface area contributed by atoms with Gasteiger partial charge >= 0.3 is 0 Å². The Kier molecular flexibility index (Phi) is 1.30. The number of fused-ring (bicyclic) bond motifs is 3. The Balaban J connectivity index is 2.30. The summed E-state index contributed by atoms with van der Waals surface area (Å²) in [7, 11) is 0. The van der Waals surface area contributed by atoms with Crippen molar-refractivity contribution >= 4 is 0 Å². The maximum Gasteiger partial charge on any atom is 0.0486 e. The van der Waals surface area contributed by atoms with Gasteiger partial charge < -0.3 is 4.98 Å². The van der Waals surface area contributed by atoms with Crippen LogP contribution in [0.5, 0.6) is 0 Å². The highest BCUT2D eigenvalue weighted by Crippen LogP contribution is 2.30. The van der Waals surface area contributed by atoms with Crippen LogP contribution in [0.1, 0.15) is 11.4 Å². The first-order valence-corrected chi connectivity index (χ1v) is 4.55. The molecule has 2 nitrogen and oxygen atoms in total. The van der Waals surface area contributed by atoms with Gasteiger partial charge in [-0.15, -0.1) is 0 Å². The molecule has 2 heterocycles. The van der Waals surface area contributed by atoms with Gasteiger partial charge in [0.1, 0.15) is 0 Å². The number of H-pyrrole nitrogens is 1. The van der Waals surface area contributed by atoms with Crippen LogP contribution in [0.25, 0.3) is 11.1 Å². The van der Waals surface area contributed by atoms with Crippen LogP contribution in [0.15, 0.2) is 30.6 Å². The van der Waals surface area contributed by atoms with E-state index in [1.54, 1.807) is 0 Å². The molecule has 0 radical (unpaired) electrons. The van der Waals surface area contributed by atoms with Gasteiger partial charge in [0.05, 0.1) is 0 Å². The fourth-order valence-electron chi connectivity index (χ4n) is 1.99. The molecule has 1 aliphatic carbocycles. The van der Waals surface area contributed by atoms with E-state index in [9.17, 15) is 0 Å². The first-order chi connectivity index (χ1) is 6.45. The van der Waals surface area contributed by atoms with Crippen molar-refractivity contribution < 1.29 is 0 Å². The minimum absolute atomic E-state index is 1.06. The van der Waals surface area contributed by atoms with Crippen LogP contribution in [0.2, 0.25) is 0 Å². The lowest BCUT2D eigenvalue weighted by Crippen LogP contribution is -2.04. The second-order valence-electron chi connectivity index (χ2n) is 3.37. The van der Waals surface area contributed by atoms with E-state index in [0.717, 1.165) is 12.8 Å². The van der Waals surface area contributed by atoms with Gasteiger partial charge in [-0.3, -0.25) is 4.98 Å². The molecule has 2 aromatic rings. The zero-order valence-electron chi connectivity index (χ0n) is 7.25. The zero-order chi connectivity index (χ0) is 8.67. The lowest BCUT2D eigenvalue weighted by molar-refractivity contribution is 0.873. The van der Waals surface area contributed by atoms with Gasteiger partial charge in [-0.25, -0.2) is 0 Å². The lowest BCUT2D eigenvalue weighted by Gasteiger charge is -2.14. The maximum absolute atomic E-state index is 4.38. The number of aryl methyl sites for hydroxylation is 2. The van der Waals surface area contributed by atoms with Crippen LogP contribution in [0.4, 0.5) is 0 Å². The topological polar surface area (TPSA) is 28.7 Å². The van der Waals surface area contributed by atoms with Crippen LogP contribution >= 0.6 is 0 Å². The van der Waals surface area contributed by atoms with E-state index in [2.05, 4.69) is 22.1 Å². The molecule has 0 aromatic carbocycles. The number of rotatable bonds is 0. The number of hydrogen-bond acceptors (Lipinski definition) is 1. The summed E-state index contributed by atoms with van der Waals surface area (Å²) in [5.74, 6) is 0. The number of aromatic amines is 1. The van der Waals surface area contributed by atoms with Gasteiger partial charge in [0.25, 0.3) is 0 Å². The highest BCUT2D eigenvalue weighted by molar-refractivity contribution is 5.70. The Bertz CT molecular complexity index is 443. The zero-order valence-corrected chi connectivity index (χ0v) is 7.25. The van der Waals surface area contributed by atoms with Crippen molar-refractivity contribution in [3.05, 3.63) is 42.0 Å². The van der Waals surface area contributed by atoms with Crippen molar-refractivity contribution in [2.45, 2.75) is 12.8 Å². The molecule has 2 heteroatoms. The predicted octanol–water partition coefficient (Wildman–Crippen LogP) is 2.18. The first-order valence-electron chi connectivity index (χ1n) is 4.55. The van der Waals surface area contributed by atoms with E-state index < -0.39 is 0 Å². The second-order valence-corrected chi connectivity index (χ2v) is 3.37. The molecule has 0 spiro atoms. The molecule has 0 bridgehead atoms. The van der Waals surface area contributed by atoms with Crippen LogP contribution < -0.4 is 0 Å². The van der Waals surface area contributed by atoms with Gasteiger partial charge in [0, 0.05) is 34.9 Å². The van der Waals surface area contributed by atoms with E-state index in [1.807, 2.05) is 18.5 Å². The average molecular weight is 170 g/mol. The number of nitrogens with zero attached hydrogens (tertiary/aromatic N) is 1. The van der Waals surface area contributed by atoms with E-state index in [4.69, 9.17) is 0 Å². The summed E-state index contributed by atoms with van der Waals surface area (Å²) in [6.07, 6.45) is 6.03. The number of hydrogen-bond donors (Lipinski definition) is 1. The van der Waals surface area contributed by atoms with E-state index in [1.165, 1.54) is 22.5 Å². The Morgan fingerprint density at radius 2 is 2.15 bits per heavy atom. The van der Waals surface area contributed by atoms with Gasteiger partial charge in [-0.2, -0.15) is 0 Å². The van der Waals surface area contributed by atoms with Crippen molar-refractivity contribution in [3.8, 4) is 11.1 Å². The summed E-state index contributed by atoms with van der Waals surface area (Å²) < 4.78 is 0. The fourth-order valence-corrected chi connectivity index (χ4v) is 1.99. The summed E-state index contributed by atoms with van der Waals surface area (Å²) in [5.41, 5.74) is 5.20. The fraction of sp³-hybridized carbons (Fsp3) is 0.182. The Morgan fingerprint density at radius 1 is 1.15 bits per heavy atom. The van der Waals surface area contributed by atoms with Crippen LogP contribution in [0, 0.1) is 0 Å². The summed E-state index contributed by atoms with van der Waals surface area (Å²) in [6.45, 7) is 0. The van der Waals surface area contributed by atoms with Crippen molar-refractivity contribution in [2.24, 2.45) is 0 Å². The van der Waals surface area contributed by atoms with E-state index in [-0.39, 0.29) is 0 Å². The molecular weight excluding hydrogens is 160 g/mol. The SMILES string of the molecule is c1cnc2c(c1)-c1cc[nH]c1CC2. The Morgan fingerprint density at radius 3 is 3.15 bits per heavy atom. The molecule has 13 heavy (non-hydrogen) atoms. The molecule has 0 atom stereocenters. The maximum atomic E-state index is 4.38. The molecule has 1 N–H and O–H groups in total. The molecule has 3 rings (SSSR count). The number of nitrogens with one attached hydrogen (secondary N) is 1. The van der Waals surface area contributed by atoms with Crippen molar-refractivity contribution in [3.63, 3.8) is 0 Å². The minimum Gasteiger partial charge on any atom is -0.364 e. The van der Waals surface area contributed by atoms with Crippen LogP contribution in [-0.4, -0.2) is 9.97 Å². The quantitative estimate of drug-likeness (QED) is 0.645. The minimum atomic E-state index is 1.06. The summed E-state index contributed by atoms with van der Waals surface area (Å²) in [4.78, 5) is 7.65. The average Bonchev–Trinajstić information content (AvgIpc) is 2.65. The first kappa shape index (κ1) is 6.89. The molecule has 0 saturated carbocycles. The number of pyridine rings is 1. The second kappa shape index (κ2) is 2.46. The molecule has 0 aliphatic heterocycles. The normalized spacial score (nSPS) is 13.5. The Hall–Kier alpha value is -1.57. The van der Waals surface area contributed by atoms with E-state index in [0.29, 0.717) is 0 Å². The Labute approximate surface area is 76.6 Å².